The quantitative estimate of drug-likeness (QED) is 0.798. The van der Waals surface area contributed by atoms with Crippen molar-refractivity contribution in [1.29, 1.82) is 0 Å². The van der Waals surface area contributed by atoms with Gasteiger partial charge in [-0.05, 0) is 31.6 Å². The van der Waals surface area contributed by atoms with Gasteiger partial charge < -0.3 is 0 Å². The van der Waals surface area contributed by atoms with Gasteiger partial charge >= 0.3 is 0 Å². The first-order valence-electron chi connectivity index (χ1n) is 7.40. The first-order valence-corrected chi connectivity index (χ1v) is 8.31. The predicted molar refractivity (Wildman–Crippen MR) is 79.2 cm³/mol. The Bertz CT molecular complexity index is 417. The lowest BCUT2D eigenvalue weighted by Gasteiger charge is -2.36. The molecule has 1 aromatic heterocycles. The molecule has 0 aromatic carbocycles. The van der Waals surface area contributed by atoms with Crippen LogP contribution in [0.5, 0.6) is 0 Å². The first kappa shape index (κ1) is 13.6. The van der Waals surface area contributed by atoms with Gasteiger partial charge in [0, 0.05) is 23.5 Å². The van der Waals surface area contributed by atoms with E-state index < -0.39 is 0 Å². The molecule has 0 radical (unpaired) electrons. The fraction of sp³-hybridized carbons (Fsp3) is 0.857. The summed E-state index contributed by atoms with van der Waals surface area (Å²) in [6.07, 6.45) is 6.98. The van der Waals surface area contributed by atoms with Gasteiger partial charge in [0.15, 0.2) is 0 Å². The number of nitrogens with zero attached hydrogens (tertiary/aromatic N) is 4. The van der Waals surface area contributed by atoms with E-state index in [1.54, 1.807) is 6.33 Å². The van der Waals surface area contributed by atoms with Gasteiger partial charge in [0.05, 0.1) is 6.54 Å². The molecule has 5 heteroatoms. The van der Waals surface area contributed by atoms with Gasteiger partial charge in [-0.1, -0.05) is 29.8 Å². The fourth-order valence-electron chi connectivity index (χ4n) is 3.54. The Labute approximate surface area is 123 Å². The molecule has 0 amide bonds. The minimum Gasteiger partial charge on any atom is -0.290 e. The number of alkyl halides is 1. The van der Waals surface area contributed by atoms with Crippen LogP contribution in [0.15, 0.2) is 6.33 Å². The third-order valence-corrected chi connectivity index (χ3v) is 5.13. The normalized spacial score (nSPS) is 31.3. The second-order valence-electron chi connectivity index (χ2n) is 6.38. The summed E-state index contributed by atoms with van der Waals surface area (Å²) in [5, 5.41) is 4.38. The Kier molecular flexibility index (Phi) is 3.94. The van der Waals surface area contributed by atoms with Crippen molar-refractivity contribution < 1.29 is 0 Å². The Hall–Kier alpha value is -0.420. The van der Waals surface area contributed by atoms with Crippen LogP contribution in [0.2, 0.25) is 0 Å². The van der Waals surface area contributed by atoms with E-state index in [4.69, 9.17) is 0 Å². The maximum Gasteiger partial charge on any atom is 0.141 e. The van der Waals surface area contributed by atoms with Crippen molar-refractivity contribution >= 4 is 15.9 Å². The van der Waals surface area contributed by atoms with Crippen LogP contribution in [0.3, 0.4) is 0 Å². The van der Waals surface area contributed by atoms with Gasteiger partial charge in [0.1, 0.15) is 12.2 Å². The van der Waals surface area contributed by atoms with Crippen molar-refractivity contribution in [3.8, 4) is 0 Å². The predicted octanol–water partition coefficient (Wildman–Crippen LogP) is 2.82. The average Bonchev–Trinajstić information content (AvgIpc) is 2.84. The zero-order valence-corrected chi connectivity index (χ0v) is 13.4. The third-order valence-electron chi connectivity index (χ3n) is 4.38. The van der Waals surface area contributed by atoms with Crippen LogP contribution < -0.4 is 0 Å². The van der Waals surface area contributed by atoms with Gasteiger partial charge in [-0.25, -0.2) is 9.67 Å². The Balaban J connectivity index is 1.70. The van der Waals surface area contributed by atoms with E-state index in [0.29, 0.717) is 5.92 Å². The summed E-state index contributed by atoms with van der Waals surface area (Å²) in [4.78, 5) is 7.86. The fourth-order valence-corrected chi connectivity index (χ4v) is 4.40. The van der Waals surface area contributed by atoms with Crippen LogP contribution in [-0.2, 0) is 13.1 Å². The van der Waals surface area contributed by atoms with Gasteiger partial charge in [0.2, 0.25) is 0 Å². The van der Waals surface area contributed by atoms with Crippen molar-refractivity contribution in [2.75, 3.05) is 0 Å². The van der Waals surface area contributed by atoms with Crippen LogP contribution in [0.1, 0.15) is 45.4 Å². The summed E-state index contributed by atoms with van der Waals surface area (Å²) >= 11 is 3.80. The van der Waals surface area contributed by atoms with E-state index in [2.05, 4.69) is 49.4 Å². The second kappa shape index (κ2) is 5.52. The van der Waals surface area contributed by atoms with Crippen molar-refractivity contribution in [3.63, 3.8) is 0 Å². The standard InChI is InChI=1S/C14H23BrN4/c1-10(2)7-19-14(16-9-17-19)8-18-12-3-4-13(18)6-11(15)5-12/h9-13H,3-8H2,1-2H3. The molecule has 2 saturated heterocycles. The van der Waals surface area contributed by atoms with Crippen molar-refractivity contribution in [3.05, 3.63) is 12.2 Å². The molecule has 106 valence electrons. The highest BCUT2D eigenvalue weighted by Gasteiger charge is 2.40. The highest BCUT2D eigenvalue weighted by Crippen LogP contribution is 2.39. The second-order valence-corrected chi connectivity index (χ2v) is 7.67. The average molecular weight is 327 g/mol. The maximum atomic E-state index is 4.48. The van der Waals surface area contributed by atoms with Gasteiger partial charge in [0.25, 0.3) is 0 Å². The Morgan fingerprint density at radius 1 is 1.32 bits per heavy atom. The molecule has 19 heavy (non-hydrogen) atoms. The highest BCUT2D eigenvalue weighted by molar-refractivity contribution is 9.09. The molecule has 0 saturated carbocycles. The number of rotatable bonds is 4. The molecule has 3 heterocycles. The molecular formula is C14H23BrN4. The Morgan fingerprint density at radius 3 is 2.63 bits per heavy atom. The SMILES string of the molecule is CC(C)Cn1ncnc1CN1C2CCC1CC(Br)C2. The molecule has 2 aliphatic rings. The molecule has 2 aliphatic heterocycles. The maximum absolute atomic E-state index is 4.48. The van der Waals surface area contributed by atoms with Crippen molar-refractivity contribution in [2.24, 2.45) is 5.92 Å². The monoisotopic (exact) mass is 326 g/mol. The number of hydrogen-bond acceptors (Lipinski definition) is 3. The van der Waals surface area contributed by atoms with E-state index >= 15 is 0 Å². The molecule has 2 unspecified atom stereocenters. The van der Waals surface area contributed by atoms with E-state index in [-0.39, 0.29) is 0 Å². The van der Waals surface area contributed by atoms with E-state index in [0.717, 1.165) is 35.8 Å². The minimum atomic E-state index is 0.616. The first-order chi connectivity index (χ1) is 9.13. The van der Waals surface area contributed by atoms with Crippen LogP contribution in [-0.4, -0.2) is 36.6 Å². The summed E-state index contributed by atoms with van der Waals surface area (Å²) in [6, 6.07) is 1.49. The van der Waals surface area contributed by atoms with Crippen LogP contribution in [0, 0.1) is 5.92 Å². The molecule has 1 aromatic rings. The Morgan fingerprint density at radius 2 is 2.00 bits per heavy atom. The van der Waals surface area contributed by atoms with Crippen LogP contribution in [0.25, 0.3) is 0 Å². The lowest BCUT2D eigenvalue weighted by atomic mass is 10.0. The molecule has 4 nitrogen and oxygen atoms in total. The number of piperidine rings is 1. The summed E-state index contributed by atoms with van der Waals surface area (Å²) in [5.41, 5.74) is 0. The molecule has 3 rings (SSSR count). The van der Waals surface area contributed by atoms with E-state index in [9.17, 15) is 0 Å². The molecule has 0 spiro atoms. The largest absolute Gasteiger partial charge is 0.290 e. The van der Waals surface area contributed by atoms with Crippen LogP contribution >= 0.6 is 15.9 Å². The highest BCUT2D eigenvalue weighted by atomic mass is 79.9. The zero-order valence-electron chi connectivity index (χ0n) is 11.8. The summed E-state index contributed by atoms with van der Waals surface area (Å²) in [6.45, 7) is 6.40. The van der Waals surface area contributed by atoms with Gasteiger partial charge in [-0.3, -0.25) is 4.90 Å². The van der Waals surface area contributed by atoms with Crippen LogP contribution in [0.4, 0.5) is 0 Å². The summed E-state index contributed by atoms with van der Waals surface area (Å²) in [5.74, 6) is 1.75. The van der Waals surface area contributed by atoms with E-state index in [1.165, 1.54) is 25.7 Å². The number of halogens is 1. The number of aromatic nitrogens is 3. The number of hydrogen-bond donors (Lipinski definition) is 0. The molecule has 2 bridgehead atoms. The summed E-state index contributed by atoms with van der Waals surface area (Å²) < 4.78 is 2.09. The molecule has 2 atom stereocenters. The minimum absolute atomic E-state index is 0.616. The van der Waals surface area contributed by atoms with Crippen molar-refractivity contribution in [1.82, 2.24) is 19.7 Å². The van der Waals surface area contributed by atoms with Crippen molar-refractivity contribution in [2.45, 2.75) is 69.5 Å². The summed E-state index contributed by atoms with van der Waals surface area (Å²) in [7, 11) is 0. The zero-order chi connectivity index (χ0) is 13.4. The lowest BCUT2D eigenvalue weighted by Crippen LogP contribution is -2.43. The molecule has 0 N–H and O–H groups in total. The smallest absolute Gasteiger partial charge is 0.141 e. The lowest BCUT2D eigenvalue weighted by molar-refractivity contribution is 0.130. The van der Waals surface area contributed by atoms with E-state index in [1.807, 2.05) is 0 Å². The molecule has 2 fully saturated rings. The van der Waals surface area contributed by atoms with Gasteiger partial charge in [-0.2, -0.15) is 5.10 Å². The van der Waals surface area contributed by atoms with Gasteiger partial charge in [-0.15, -0.1) is 0 Å². The third kappa shape index (κ3) is 2.87. The number of fused-ring (bicyclic) bond motifs is 2. The molecule has 0 aliphatic carbocycles. The molecular weight excluding hydrogens is 304 g/mol. The topological polar surface area (TPSA) is 34.0 Å².